The summed E-state index contributed by atoms with van der Waals surface area (Å²) >= 11 is 0. The summed E-state index contributed by atoms with van der Waals surface area (Å²) in [6.45, 7) is 10.4. The molecule has 0 spiro atoms. The van der Waals surface area contributed by atoms with Gasteiger partial charge in [-0.15, -0.1) is 0 Å². The highest BCUT2D eigenvalue weighted by molar-refractivity contribution is 4.66. The zero-order chi connectivity index (χ0) is 11.0. The summed E-state index contributed by atoms with van der Waals surface area (Å²) in [6.07, 6.45) is 0.619. The predicted octanol–water partition coefficient (Wildman–Crippen LogP) is 1.41. The molecule has 0 heterocycles. The van der Waals surface area contributed by atoms with Crippen LogP contribution in [0.2, 0.25) is 0 Å². The molecular formula is C11H25NO2. The van der Waals surface area contributed by atoms with Gasteiger partial charge in [-0.3, -0.25) is 0 Å². The quantitative estimate of drug-likeness (QED) is 0.626. The zero-order valence-electron chi connectivity index (χ0n) is 9.92. The minimum atomic E-state index is -0.237. The Morgan fingerprint density at radius 1 is 1.29 bits per heavy atom. The van der Waals surface area contributed by atoms with E-state index in [-0.39, 0.29) is 6.10 Å². The van der Waals surface area contributed by atoms with Crippen molar-refractivity contribution in [1.82, 2.24) is 5.32 Å². The molecule has 0 saturated heterocycles. The van der Waals surface area contributed by atoms with E-state index in [0.29, 0.717) is 25.1 Å². The molecular weight excluding hydrogens is 178 g/mol. The molecule has 0 aliphatic heterocycles. The van der Waals surface area contributed by atoms with Crippen LogP contribution in [0.25, 0.3) is 0 Å². The Labute approximate surface area is 87.8 Å². The first-order valence-corrected chi connectivity index (χ1v) is 5.55. The molecule has 0 fully saturated rings. The molecule has 2 N–H and O–H groups in total. The Morgan fingerprint density at radius 2 is 1.93 bits per heavy atom. The SMILES string of the molecule is CCOCC(C)NCC(O)CC(C)C. The second-order valence-corrected chi connectivity index (χ2v) is 4.25. The first-order valence-electron chi connectivity index (χ1n) is 5.55. The van der Waals surface area contributed by atoms with Crippen LogP contribution in [0.4, 0.5) is 0 Å². The maximum Gasteiger partial charge on any atom is 0.0667 e. The molecule has 2 unspecified atom stereocenters. The fraction of sp³-hybridized carbons (Fsp3) is 1.00. The molecule has 3 nitrogen and oxygen atoms in total. The highest BCUT2D eigenvalue weighted by Crippen LogP contribution is 2.03. The average molecular weight is 203 g/mol. The van der Waals surface area contributed by atoms with E-state index in [1.54, 1.807) is 0 Å². The van der Waals surface area contributed by atoms with Gasteiger partial charge in [0.2, 0.25) is 0 Å². The third-order valence-corrected chi connectivity index (χ3v) is 2.02. The monoisotopic (exact) mass is 203 g/mol. The highest BCUT2D eigenvalue weighted by Gasteiger charge is 2.08. The van der Waals surface area contributed by atoms with Gasteiger partial charge in [0.05, 0.1) is 12.7 Å². The highest BCUT2D eigenvalue weighted by atomic mass is 16.5. The first kappa shape index (κ1) is 13.9. The molecule has 0 radical (unpaired) electrons. The van der Waals surface area contributed by atoms with Crippen molar-refractivity contribution in [2.45, 2.75) is 46.3 Å². The molecule has 0 aromatic heterocycles. The molecule has 0 bridgehead atoms. The average Bonchev–Trinajstić information content (AvgIpc) is 2.10. The van der Waals surface area contributed by atoms with Crippen molar-refractivity contribution in [2.75, 3.05) is 19.8 Å². The van der Waals surface area contributed by atoms with Crippen LogP contribution < -0.4 is 5.32 Å². The van der Waals surface area contributed by atoms with Gasteiger partial charge in [0.15, 0.2) is 0 Å². The van der Waals surface area contributed by atoms with Gasteiger partial charge in [-0.25, -0.2) is 0 Å². The zero-order valence-corrected chi connectivity index (χ0v) is 9.92. The maximum atomic E-state index is 9.59. The largest absolute Gasteiger partial charge is 0.392 e. The van der Waals surface area contributed by atoms with Gasteiger partial charge in [0, 0.05) is 19.2 Å². The van der Waals surface area contributed by atoms with E-state index in [0.717, 1.165) is 13.0 Å². The number of hydrogen-bond acceptors (Lipinski definition) is 3. The standard InChI is InChI=1S/C11H25NO2/c1-5-14-8-10(4)12-7-11(13)6-9(2)3/h9-13H,5-8H2,1-4H3. The molecule has 0 rings (SSSR count). The third-order valence-electron chi connectivity index (χ3n) is 2.02. The number of aliphatic hydroxyl groups excluding tert-OH is 1. The molecule has 0 aliphatic rings. The third kappa shape index (κ3) is 8.48. The predicted molar refractivity (Wildman–Crippen MR) is 59.4 cm³/mol. The summed E-state index contributed by atoms with van der Waals surface area (Å²) in [5, 5.41) is 12.8. The van der Waals surface area contributed by atoms with Crippen molar-refractivity contribution >= 4 is 0 Å². The van der Waals surface area contributed by atoms with Crippen molar-refractivity contribution in [1.29, 1.82) is 0 Å². The van der Waals surface area contributed by atoms with E-state index in [1.807, 2.05) is 6.92 Å². The summed E-state index contributed by atoms with van der Waals surface area (Å²) in [7, 11) is 0. The lowest BCUT2D eigenvalue weighted by Crippen LogP contribution is -2.37. The van der Waals surface area contributed by atoms with Gasteiger partial charge >= 0.3 is 0 Å². The molecule has 0 aromatic carbocycles. The first-order chi connectivity index (χ1) is 6.56. The number of ether oxygens (including phenoxy) is 1. The molecule has 14 heavy (non-hydrogen) atoms. The van der Waals surface area contributed by atoms with Crippen molar-refractivity contribution < 1.29 is 9.84 Å². The number of nitrogens with one attached hydrogen (secondary N) is 1. The minimum Gasteiger partial charge on any atom is -0.392 e. The lowest BCUT2D eigenvalue weighted by molar-refractivity contribution is 0.109. The Kier molecular flexibility index (Phi) is 8.14. The lowest BCUT2D eigenvalue weighted by Gasteiger charge is -2.18. The smallest absolute Gasteiger partial charge is 0.0667 e. The van der Waals surface area contributed by atoms with E-state index in [9.17, 15) is 5.11 Å². The maximum absolute atomic E-state index is 9.59. The Hall–Kier alpha value is -0.120. The van der Waals surface area contributed by atoms with E-state index in [4.69, 9.17) is 4.74 Å². The van der Waals surface area contributed by atoms with Gasteiger partial charge in [-0.2, -0.15) is 0 Å². The van der Waals surface area contributed by atoms with Gasteiger partial charge in [0.25, 0.3) is 0 Å². The van der Waals surface area contributed by atoms with Crippen LogP contribution in [0, 0.1) is 5.92 Å². The van der Waals surface area contributed by atoms with Crippen LogP contribution in [-0.2, 0) is 4.74 Å². The summed E-state index contributed by atoms with van der Waals surface area (Å²) in [5.41, 5.74) is 0. The second-order valence-electron chi connectivity index (χ2n) is 4.25. The summed E-state index contributed by atoms with van der Waals surface area (Å²) in [4.78, 5) is 0. The molecule has 0 amide bonds. The van der Waals surface area contributed by atoms with Crippen LogP contribution in [0.1, 0.15) is 34.1 Å². The van der Waals surface area contributed by atoms with E-state index >= 15 is 0 Å². The van der Waals surface area contributed by atoms with E-state index in [2.05, 4.69) is 26.1 Å². The second kappa shape index (κ2) is 8.21. The summed E-state index contributed by atoms with van der Waals surface area (Å²) in [5.74, 6) is 0.550. The van der Waals surface area contributed by atoms with E-state index in [1.165, 1.54) is 0 Å². The van der Waals surface area contributed by atoms with Gasteiger partial charge in [-0.05, 0) is 26.2 Å². The van der Waals surface area contributed by atoms with Crippen LogP contribution in [0.15, 0.2) is 0 Å². The molecule has 2 atom stereocenters. The molecule has 3 heteroatoms. The van der Waals surface area contributed by atoms with Gasteiger partial charge in [-0.1, -0.05) is 13.8 Å². The number of aliphatic hydroxyl groups is 1. The van der Waals surface area contributed by atoms with Crippen LogP contribution in [0.3, 0.4) is 0 Å². The lowest BCUT2D eigenvalue weighted by atomic mass is 10.1. The van der Waals surface area contributed by atoms with Crippen LogP contribution in [0.5, 0.6) is 0 Å². The Morgan fingerprint density at radius 3 is 2.43 bits per heavy atom. The Balaban J connectivity index is 3.40. The van der Waals surface area contributed by atoms with Crippen LogP contribution in [-0.4, -0.2) is 37.0 Å². The normalized spacial score (nSPS) is 15.9. The molecule has 0 aliphatic carbocycles. The Bertz CT molecular complexity index is 128. The van der Waals surface area contributed by atoms with Crippen molar-refractivity contribution in [3.8, 4) is 0 Å². The van der Waals surface area contributed by atoms with Crippen LogP contribution >= 0.6 is 0 Å². The summed E-state index contributed by atoms with van der Waals surface area (Å²) < 4.78 is 5.26. The fourth-order valence-electron chi connectivity index (χ4n) is 1.32. The molecule has 86 valence electrons. The number of rotatable bonds is 8. The van der Waals surface area contributed by atoms with E-state index < -0.39 is 0 Å². The van der Waals surface area contributed by atoms with Crippen molar-refractivity contribution in [3.05, 3.63) is 0 Å². The number of hydrogen-bond donors (Lipinski definition) is 2. The topological polar surface area (TPSA) is 41.5 Å². The van der Waals surface area contributed by atoms with Gasteiger partial charge < -0.3 is 15.2 Å². The van der Waals surface area contributed by atoms with Gasteiger partial charge in [0.1, 0.15) is 0 Å². The minimum absolute atomic E-state index is 0.237. The fourth-order valence-corrected chi connectivity index (χ4v) is 1.32. The van der Waals surface area contributed by atoms with Crippen molar-refractivity contribution in [3.63, 3.8) is 0 Å². The summed E-state index contributed by atoms with van der Waals surface area (Å²) in [6, 6.07) is 0.316. The molecule has 0 saturated carbocycles. The molecule has 0 aromatic rings. The van der Waals surface area contributed by atoms with Crippen molar-refractivity contribution in [2.24, 2.45) is 5.92 Å².